The molecular formula is C10H7FO4. The molecule has 0 spiro atoms. The average molecular weight is 210 g/mol. The minimum Gasteiger partial charge on any atom is -0.507 e. The van der Waals surface area contributed by atoms with Gasteiger partial charge in [-0.3, -0.25) is 4.79 Å². The van der Waals surface area contributed by atoms with E-state index in [9.17, 15) is 19.1 Å². The van der Waals surface area contributed by atoms with Gasteiger partial charge in [-0.05, 0) is 24.3 Å². The number of aliphatic carboxylic acids is 1. The van der Waals surface area contributed by atoms with Gasteiger partial charge in [-0.1, -0.05) is 0 Å². The van der Waals surface area contributed by atoms with Crippen LogP contribution in [0.15, 0.2) is 30.3 Å². The second-order valence-electron chi connectivity index (χ2n) is 2.71. The fraction of sp³-hybridized carbons (Fsp3) is 0. The molecule has 0 unspecified atom stereocenters. The van der Waals surface area contributed by atoms with Gasteiger partial charge in [-0.25, -0.2) is 9.18 Å². The monoisotopic (exact) mass is 210 g/mol. The number of carboxylic acids is 1. The maximum Gasteiger partial charge on any atom is 0.376 e. The SMILES string of the molecule is O=C(O)C(=O)/C=C(/O)c1ccc(F)cc1. The zero-order valence-electron chi connectivity index (χ0n) is 7.48. The standard InChI is InChI=1S/C10H7FO4/c11-7-3-1-6(2-4-7)8(12)5-9(13)10(14)15/h1-5,12H,(H,14,15)/b8-5+. The molecule has 5 heteroatoms. The van der Waals surface area contributed by atoms with Gasteiger partial charge in [0.1, 0.15) is 11.6 Å². The summed E-state index contributed by atoms with van der Waals surface area (Å²) >= 11 is 0. The molecule has 78 valence electrons. The van der Waals surface area contributed by atoms with Crippen molar-refractivity contribution in [3.05, 3.63) is 41.7 Å². The predicted octanol–water partition coefficient (Wildman–Crippen LogP) is 1.38. The molecule has 1 aromatic rings. The van der Waals surface area contributed by atoms with Gasteiger partial charge in [0, 0.05) is 11.6 Å². The first-order valence-electron chi connectivity index (χ1n) is 3.94. The molecule has 0 aliphatic carbocycles. The van der Waals surface area contributed by atoms with Gasteiger partial charge >= 0.3 is 5.97 Å². The van der Waals surface area contributed by atoms with Gasteiger partial charge in [-0.2, -0.15) is 0 Å². The van der Waals surface area contributed by atoms with E-state index in [4.69, 9.17) is 5.11 Å². The minimum atomic E-state index is -1.66. The number of carbonyl (C=O) groups excluding carboxylic acids is 1. The van der Waals surface area contributed by atoms with E-state index in [0.29, 0.717) is 6.08 Å². The van der Waals surface area contributed by atoms with Crippen molar-refractivity contribution in [2.75, 3.05) is 0 Å². The van der Waals surface area contributed by atoms with Crippen molar-refractivity contribution in [1.82, 2.24) is 0 Å². The van der Waals surface area contributed by atoms with Crippen LogP contribution in [0.5, 0.6) is 0 Å². The fourth-order valence-electron chi connectivity index (χ4n) is 0.890. The summed E-state index contributed by atoms with van der Waals surface area (Å²) in [6.45, 7) is 0. The smallest absolute Gasteiger partial charge is 0.376 e. The highest BCUT2D eigenvalue weighted by Gasteiger charge is 2.10. The summed E-state index contributed by atoms with van der Waals surface area (Å²) in [5.74, 6) is -3.90. The molecule has 0 atom stereocenters. The molecule has 15 heavy (non-hydrogen) atoms. The normalized spacial score (nSPS) is 11.1. The van der Waals surface area contributed by atoms with E-state index < -0.39 is 23.3 Å². The number of carbonyl (C=O) groups is 2. The summed E-state index contributed by atoms with van der Waals surface area (Å²) in [6.07, 6.45) is 0.565. The van der Waals surface area contributed by atoms with Crippen LogP contribution in [0.4, 0.5) is 4.39 Å². The van der Waals surface area contributed by atoms with Crippen LogP contribution >= 0.6 is 0 Å². The Morgan fingerprint density at radius 2 is 1.67 bits per heavy atom. The molecule has 0 fully saturated rings. The third kappa shape index (κ3) is 2.91. The van der Waals surface area contributed by atoms with Crippen LogP contribution < -0.4 is 0 Å². The second-order valence-corrected chi connectivity index (χ2v) is 2.71. The second kappa shape index (κ2) is 4.36. The predicted molar refractivity (Wildman–Crippen MR) is 49.6 cm³/mol. The Kier molecular flexibility index (Phi) is 3.17. The maximum atomic E-state index is 12.5. The number of aliphatic hydroxyl groups excluding tert-OH is 1. The van der Waals surface area contributed by atoms with Crippen molar-refractivity contribution in [2.24, 2.45) is 0 Å². The first kappa shape index (κ1) is 10.9. The van der Waals surface area contributed by atoms with Crippen LogP contribution in [0.1, 0.15) is 5.56 Å². The molecule has 0 radical (unpaired) electrons. The van der Waals surface area contributed by atoms with Gasteiger partial charge in [0.25, 0.3) is 5.78 Å². The molecule has 0 amide bonds. The Bertz CT molecular complexity index is 420. The molecule has 0 aliphatic heterocycles. The molecule has 0 saturated carbocycles. The summed E-state index contributed by atoms with van der Waals surface area (Å²) in [7, 11) is 0. The number of rotatable bonds is 3. The molecule has 0 aliphatic rings. The summed E-state index contributed by atoms with van der Waals surface area (Å²) in [6, 6.07) is 4.64. The van der Waals surface area contributed by atoms with E-state index in [1.807, 2.05) is 0 Å². The number of ketones is 1. The Morgan fingerprint density at radius 1 is 1.13 bits per heavy atom. The Labute approximate surface area is 84.3 Å². The van der Waals surface area contributed by atoms with E-state index in [1.165, 1.54) is 12.1 Å². The lowest BCUT2D eigenvalue weighted by Crippen LogP contribution is -2.09. The van der Waals surface area contributed by atoms with Crippen LogP contribution in [0.3, 0.4) is 0 Å². The summed E-state index contributed by atoms with van der Waals surface area (Å²) in [4.78, 5) is 20.8. The Morgan fingerprint density at radius 3 is 2.13 bits per heavy atom. The van der Waals surface area contributed by atoms with Gasteiger partial charge in [0.15, 0.2) is 0 Å². The number of hydrogen-bond donors (Lipinski definition) is 2. The molecule has 0 heterocycles. The third-order valence-corrected chi connectivity index (χ3v) is 1.62. The third-order valence-electron chi connectivity index (χ3n) is 1.62. The lowest BCUT2D eigenvalue weighted by atomic mass is 10.1. The molecule has 1 rings (SSSR count). The lowest BCUT2D eigenvalue weighted by Gasteiger charge is -1.98. The lowest BCUT2D eigenvalue weighted by molar-refractivity contribution is -0.146. The summed E-state index contributed by atoms with van der Waals surface area (Å²) in [5, 5.41) is 17.5. The topological polar surface area (TPSA) is 74.6 Å². The molecule has 1 aromatic carbocycles. The number of hydrogen-bond acceptors (Lipinski definition) is 3. The number of carboxylic acid groups (broad SMARTS) is 1. The molecular weight excluding hydrogens is 203 g/mol. The van der Waals surface area contributed by atoms with E-state index in [-0.39, 0.29) is 5.56 Å². The number of halogens is 1. The van der Waals surface area contributed by atoms with Crippen molar-refractivity contribution in [3.63, 3.8) is 0 Å². The largest absolute Gasteiger partial charge is 0.507 e. The average Bonchev–Trinajstić information content (AvgIpc) is 2.18. The first-order chi connectivity index (χ1) is 7.00. The van der Waals surface area contributed by atoms with Crippen molar-refractivity contribution in [2.45, 2.75) is 0 Å². The molecule has 0 bridgehead atoms. The first-order valence-corrected chi connectivity index (χ1v) is 3.94. The summed E-state index contributed by atoms with van der Waals surface area (Å²) < 4.78 is 12.5. The van der Waals surface area contributed by atoms with E-state index in [0.717, 1.165) is 12.1 Å². The highest BCUT2D eigenvalue weighted by molar-refractivity contribution is 6.38. The van der Waals surface area contributed by atoms with Gasteiger partial charge < -0.3 is 10.2 Å². The highest BCUT2D eigenvalue weighted by Crippen LogP contribution is 2.11. The van der Waals surface area contributed by atoms with Gasteiger partial charge in [0.2, 0.25) is 0 Å². The Hall–Kier alpha value is -2.17. The minimum absolute atomic E-state index is 0.172. The van der Waals surface area contributed by atoms with Crippen LogP contribution in [0, 0.1) is 5.82 Å². The van der Waals surface area contributed by atoms with E-state index in [1.54, 1.807) is 0 Å². The zero-order chi connectivity index (χ0) is 11.4. The summed E-state index contributed by atoms with van der Waals surface area (Å²) in [5.41, 5.74) is 0.172. The zero-order valence-corrected chi connectivity index (χ0v) is 7.48. The molecule has 4 nitrogen and oxygen atoms in total. The number of benzene rings is 1. The van der Waals surface area contributed by atoms with Crippen molar-refractivity contribution in [1.29, 1.82) is 0 Å². The Balaban J connectivity index is 2.94. The van der Waals surface area contributed by atoms with E-state index in [2.05, 4.69) is 0 Å². The van der Waals surface area contributed by atoms with Gasteiger partial charge in [-0.15, -0.1) is 0 Å². The van der Waals surface area contributed by atoms with Crippen molar-refractivity contribution < 1.29 is 24.2 Å². The molecule has 0 aromatic heterocycles. The van der Waals surface area contributed by atoms with Gasteiger partial charge in [0.05, 0.1) is 0 Å². The van der Waals surface area contributed by atoms with Crippen LogP contribution in [0.25, 0.3) is 5.76 Å². The van der Waals surface area contributed by atoms with Crippen molar-refractivity contribution >= 4 is 17.5 Å². The molecule has 0 saturated heterocycles. The van der Waals surface area contributed by atoms with Crippen LogP contribution in [-0.4, -0.2) is 22.0 Å². The fourth-order valence-corrected chi connectivity index (χ4v) is 0.890. The quantitative estimate of drug-likeness (QED) is 0.449. The van der Waals surface area contributed by atoms with Crippen molar-refractivity contribution in [3.8, 4) is 0 Å². The highest BCUT2D eigenvalue weighted by atomic mass is 19.1. The maximum absolute atomic E-state index is 12.5. The van der Waals surface area contributed by atoms with Crippen LogP contribution in [-0.2, 0) is 9.59 Å². The van der Waals surface area contributed by atoms with E-state index >= 15 is 0 Å². The molecule has 2 N–H and O–H groups in total. The van der Waals surface area contributed by atoms with Crippen LogP contribution in [0.2, 0.25) is 0 Å². The number of aliphatic hydroxyl groups is 1.